The highest BCUT2D eigenvalue weighted by Gasteiger charge is 2.51. The van der Waals surface area contributed by atoms with Crippen LogP contribution in [0.25, 0.3) is 0 Å². The summed E-state index contributed by atoms with van der Waals surface area (Å²) in [6.07, 6.45) is -1.31. The van der Waals surface area contributed by atoms with Gasteiger partial charge in [-0.15, -0.1) is 0 Å². The van der Waals surface area contributed by atoms with Crippen LogP contribution < -0.4 is 16.1 Å². The first kappa shape index (κ1) is 34.6. The molecule has 1 aliphatic rings. The Morgan fingerprint density at radius 1 is 0.841 bits per heavy atom. The van der Waals surface area contributed by atoms with Crippen molar-refractivity contribution in [2.75, 3.05) is 7.11 Å². The molecule has 2 N–H and O–H groups in total. The van der Waals surface area contributed by atoms with E-state index in [1.54, 1.807) is 20.8 Å². The molecule has 1 aliphatic heterocycles. The number of esters is 2. The minimum absolute atomic E-state index is 0.00530. The zero-order valence-corrected chi connectivity index (χ0v) is 26.7. The van der Waals surface area contributed by atoms with Gasteiger partial charge in [-0.2, -0.15) is 0 Å². The summed E-state index contributed by atoms with van der Waals surface area (Å²) in [6, 6.07) is 13.9. The van der Waals surface area contributed by atoms with Crippen LogP contribution in [0.1, 0.15) is 66.0 Å². The van der Waals surface area contributed by atoms with Gasteiger partial charge < -0.3 is 34.2 Å². The van der Waals surface area contributed by atoms with Crippen LogP contribution in [0.2, 0.25) is 0 Å². The second kappa shape index (κ2) is 14.3. The van der Waals surface area contributed by atoms with Gasteiger partial charge in [0, 0.05) is 6.42 Å². The molecule has 0 saturated carbocycles. The highest BCUT2D eigenvalue weighted by molar-refractivity contribution is 6.62. The summed E-state index contributed by atoms with van der Waals surface area (Å²) in [6.45, 7) is 12.9. The molecule has 0 unspecified atom stereocenters. The van der Waals surface area contributed by atoms with E-state index in [1.165, 1.54) is 7.11 Å². The Balaban J connectivity index is 1.79. The van der Waals surface area contributed by atoms with Crippen molar-refractivity contribution < 1.29 is 42.7 Å². The highest BCUT2D eigenvalue weighted by atomic mass is 16.7. The Hall–Kier alpha value is -3.90. The molecule has 2 aromatic carbocycles. The SMILES string of the molecule is COC(=O)C[C@H](NC(=O)OC(C)(C)C)C(=O)N[C@@H](Cc1ccc(B2OC(C)(C)C(C)(C)O2)cc1)C(=O)OCc1ccccc1. The molecule has 0 bridgehead atoms. The summed E-state index contributed by atoms with van der Waals surface area (Å²) in [4.78, 5) is 51.2. The first-order valence-electron chi connectivity index (χ1n) is 14.5. The van der Waals surface area contributed by atoms with Crippen molar-refractivity contribution >= 4 is 36.5 Å². The van der Waals surface area contributed by atoms with Crippen molar-refractivity contribution in [2.45, 2.75) is 96.8 Å². The average molecular weight is 611 g/mol. The topological polar surface area (TPSA) is 138 Å². The second-order valence-electron chi connectivity index (χ2n) is 12.7. The molecule has 1 fully saturated rings. The lowest BCUT2D eigenvalue weighted by molar-refractivity contribution is -0.149. The van der Waals surface area contributed by atoms with E-state index >= 15 is 0 Å². The Morgan fingerprint density at radius 2 is 1.43 bits per heavy atom. The van der Waals surface area contributed by atoms with Gasteiger partial charge in [-0.05, 0) is 65.1 Å². The molecular formula is C32H43BN2O9. The lowest BCUT2D eigenvalue weighted by atomic mass is 9.78. The van der Waals surface area contributed by atoms with Crippen molar-refractivity contribution in [1.29, 1.82) is 0 Å². The number of carbonyl (C=O) groups is 4. The summed E-state index contributed by atoms with van der Waals surface area (Å²) in [7, 11) is 0.611. The van der Waals surface area contributed by atoms with Crippen LogP contribution in [0.3, 0.4) is 0 Å². The fourth-order valence-electron chi connectivity index (χ4n) is 4.23. The Bertz CT molecular complexity index is 1290. The number of rotatable bonds is 11. The largest absolute Gasteiger partial charge is 0.494 e. The maximum Gasteiger partial charge on any atom is 0.494 e. The van der Waals surface area contributed by atoms with Gasteiger partial charge in [0.05, 0.1) is 24.7 Å². The summed E-state index contributed by atoms with van der Waals surface area (Å²) in [5.41, 5.74) is 0.459. The number of carbonyl (C=O) groups excluding carboxylic acids is 4. The molecule has 1 heterocycles. The van der Waals surface area contributed by atoms with Gasteiger partial charge in [0.15, 0.2) is 0 Å². The summed E-state index contributed by atoms with van der Waals surface area (Å²) < 4.78 is 27.8. The molecule has 11 nitrogen and oxygen atoms in total. The molecule has 3 rings (SSSR count). The molecule has 2 amide bonds. The van der Waals surface area contributed by atoms with Crippen LogP contribution >= 0.6 is 0 Å². The van der Waals surface area contributed by atoms with Crippen LogP contribution in [-0.4, -0.2) is 67.1 Å². The molecular weight excluding hydrogens is 567 g/mol. The summed E-state index contributed by atoms with van der Waals surface area (Å²) in [5.74, 6) is -2.20. The van der Waals surface area contributed by atoms with Gasteiger partial charge in [0.2, 0.25) is 5.91 Å². The molecule has 238 valence electrons. The third kappa shape index (κ3) is 9.82. The predicted octanol–water partition coefficient (Wildman–Crippen LogP) is 3.21. The van der Waals surface area contributed by atoms with Gasteiger partial charge in [-0.3, -0.25) is 9.59 Å². The van der Waals surface area contributed by atoms with E-state index < -0.39 is 66.4 Å². The number of ether oxygens (including phenoxy) is 3. The van der Waals surface area contributed by atoms with E-state index in [-0.39, 0.29) is 13.0 Å². The van der Waals surface area contributed by atoms with Crippen LogP contribution in [0.15, 0.2) is 54.6 Å². The van der Waals surface area contributed by atoms with Gasteiger partial charge in [0.1, 0.15) is 24.3 Å². The number of amides is 2. The maximum absolute atomic E-state index is 13.4. The Labute approximate surface area is 259 Å². The quantitative estimate of drug-likeness (QED) is 0.223. The number of methoxy groups -OCH3 is 1. The van der Waals surface area contributed by atoms with E-state index in [1.807, 2.05) is 82.3 Å². The molecule has 0 radical (unpaired) electrons. The van der Waals surface area contributed by atoms with E-state index in [4.69, 9.17) is 23.5 Å². The molecule has 0 aromatic heterocycles. The third-order valence-corrected chi connectivity index (χ3v) is 7.38. The normalized spacial score (nSPS) is 16.8. The fraction of sp³-hybridized carbons (Fsp3) is 0.500. The third-order valence-electron chi connectivity index (χ3n) is 7.38. The number of hydrogen-bond acceptors (Lipinski definition) is 9. The molecule has 1 saturated heterocycles. The minimum Gasteiger partial charge on any atom is -0.469 e. The first-order valence-corrected chi connectivity index (χ1v) is 14.5. The highest BCUT2D eigenvalue weighted by Crippen LogP contribution is 2.36. The zero-order valence-electron chi connectivity index (χ0n) is 26.7. The first-order chi connectivity index (χ1) is 20.5. The second-order valence-corrected chi connectivity index (χ2v) is 12.7. The molecule has 2 atom stereocenters. The van der Waals surface area contributed by atoms with E-state index in [9.17, 15) is 19.2 Å². The number of alkyl carbamates (subject to hydrolysis) is 1. The van der Waals surface area contributed by atoms with Crippen LogP contribution in [0, 0.1) is 0 Å². The van der Waals surface area contributed by atoms with E-state index in [0.717, 1.165) is 16.6 Å². The van der Waals surface area contributed by atoms with Crippen LogP contribution in [-0.2, 0) is 50.9 Å². The Morgan fingerprint density at radius 3 is 1.98 bits per heavy atom. The van der Waals surface area contributed by atoms with Gasteiger partial charge >= 0.3 is 25.2 Å². The molecule has 0 spiro atoms. The zero-order chi connectivity index (χ0) is 32.7. The fourth-order valence-corrected chi connectivity index (χ4v) is 4.23. The lowest BCUT2D eigenvalue weighted by Crippen LogP contribution is -2.53. The van der Waals surface area contributed by atoms with Crippen molar-refractivity contribution in [3.05, 3.63) is 65.7 Å². The van der Waals surface area contributed by atoms with Gasteiger partial charge in [0.25, 0.3) is 0 Å². The summed E-state index contributed by atoms with van der Waals surface area (Å²) >= 11 is 0. The van der Waals surface area contributed by atoms with Crippen molar-refractivity contribution in [3.63, 3.8) is 0 Å². The van der Waals surface area contributed by atoms with Crippen LogP contribution in [0.4, 0.5) is 4.79 Å². The van der Waals surface area contributed by atoms with E-state index in [0.29, 0.717) is 0 Å². The smallest absolute Gasteiger partial charge is 0.469 e. The average Bonchev–Trinajstić information content (AvgIpc) is 3.16. The number of benzene rings is 2. The monoisotopic (exact) mass is 610 g/mol. The minimum atomic E-state index is -1.37. The van der Waals surface area contributed by atoms with E-state index in [2.05, 4.69) is 10.6 Å². The summed E-state index contributed by atoms with van der Waals surface area (Å²) in [5, 5.41) is 5.05. The molecule has 0 aliphatic carbocycles. The Kier molecular flexibility index (Phi) is 11.2. The standard InChI is InChI=1S/C32H43BN2O9/c1-30(2,3)42-29(39)35-24(19-26(36)40-8)27(37)34-25(28(38)41-20-22-12-10-9-11-13-22)18-21-14-16-23(17-15-21)33-43-31(4,5)32(6,7)44-33/h9-17,24-25H,18-20H2,1-8H3,(H,34,37)(H,35,39)/t24-,25-/m0/s1. The molecule has 2 aromatic rings. The van der Waals surface area contributed by atoms with Crippen molar-refractivity contribution in [3.8, 4) is 0 Å². The van der Waals surface area contributed by atoms with Gasteiger partial charge in [-0.25, -0.2) is 9.59 Å². The maximum atomic E-state index is 13.4. The number of nitrogens with one attached hydrogen (secondary N) is 2. The molecule has 44 heavy (non-hydrogen) atoms. The predicted molar refractivity (Wildman–Crippen MR) is 164 cm³/mol. The van der Waals surface area contributed by atoms with Crippen LogP contribution in [0.5, 0.6) is 0 Å². The van der Waals surface area contributed by atoms with Crippen molar-refractivity contribution in [1.82, 2.24) is 10.6 Å². The van der Waals surface area contributed by atoms with Crippen molar-refractivity contribution in [2.24, 2.45) is 0 Å². The molecule has 12 heteroatoms. The number of hydrogen-bond donors (Lipinski definition) is 2. The van der Waals surface area contributed by atoms with Gasteiger partial charge in [-0.1, -0.05) is 54.6 Å². The lowest BCUT2D eigenvalue weighted by Gasteiger charge is -2.32.